The molecule has 6 nitrogen and oxygen atoms in total. The quantitative estimate of drug-likeness (QED) is 0.529. The monoisotopic (exact) mass is 443 g/mol. The van der Waals surface area contributed by atoms with Gasteiger partial charge in [-0.25, -0.2) is 0 Å². The summed E-state index contributed by atoms with van der Waals surface area (Å²) in [6.45, 7) is 2.27. The third-order valence-electron chi connectivity index (χ3n) is 5.87. The van der Waals surface area contributed by atoms with Crippen LogP contribution < -0.4 is 15.4 Å². The first-order chi connectivity index (χ1) is 16.1. The fraction of sp³-hybridized carbons (Fsp3) is 0.296. The molecule has 33 heavy (non-hydrogen) atoms. The zero-order chi connectivity index (χ0) is 23.0. The molecule has 1 heterocycles. The molecule has 170 valence electrons. The molecule has 2 N–H and O–H groups in total. The van der Waals surface area contributed by atoms with Gasteiger partial charge in [-0.3, -0.25) is 14.6 Å². The SMILES string of the molecule is CC[C@@H](Oc1ccc2c(c1)CCCC2)C(=O)Nc1ccccc1C(=O)NCc1cccnc1. The van der Waals surface area contributed by atoms with Crippen molar-refractivity contribution in [1.29, 1.82) is 0 Å². The van der Waals surface area contributed by atoms with E-state index >= 15 is 0 Å². The first-order valence-corrected chi connectivity index (χ1v) is 11.5. The van der Waals surface area contributed by atoms with Crippen molar-refractivity contribution in [2.45, 2.75) is 51.7 Å². The Morgan fingerprint density at radius 1 is 1.03 bits per heavy atom. The molecule has 0 fully saturated rings. The van der Waals surface area contributed by atoms with E-state index in [1.807, 2.05) is 25.1 Å². The van der Waals surface area contributed by atoms with Gasteiger partial charge in [-0.2, -0.15) is 0 Å². The largest absolute Gasteiger partial charge is 0.481 e. The number of carbonyl (C=O) groups is 2. The standard InChI is InChI=1S/C27H29N3O3/c1-2-25(33-22-14-13-20-9-3-4-10-21(20)16-22)27(32)30-24-12-6-5-11-23(24)26(31)29-18-19-8-7-15-28-17-19/h5-8,11-17,25H,2-4,9-10,18H2,1H3,(H,29,31)(H,30,32)/t25-/m1/s1. The van der Waals surface area contributed by atoms with E-state index in [-0.39, 0.29) is 11.8 Å². The Kier molecular flexibility index (Phi) is 7.35. The van der Waals surface area contributed by atoms with E-state index in [2.05, 4.69) is 27.8 Å². The van der Waals surface area contributed by atoms with Gasteiger partial charge in [0.05, 0.1) is 11.3 Å². The van der Waals surface area contributed by atoms with Crippen LogP contribution in [0.25, 0.3) is 0 Å². The number of hydrogen-bond donors (Lipinski definition) is 2. The van der Waals surface area contributed by atoms with Gasteiger partial charge in [0.25, 0.3) is 11.8 Å². The molecule has 1 aromatic heterocycles. The van der Waals surface area contributed by atoms with E-state index < -0.39 is 6.10 Å². The van der Waals surface area contributed by atoms with Gasteiger partial charge in [-0.15, -0.1) is 0 Å². The lowest BCUT2D eigenvalue weighted by Crippen LogP contribution is -2.33. The van der Waals surface area contributed by atoms with Crippen LogP contribution in [0, 0.1) is 0 Å². The second-order valence-corrected chi connectivity index (χ2v) is 8.23. The number of ether oxygens (including phenoxy) is 1. The molecule has 0 unspecified atom stereocenters. The predicted molar refractivity (Wildman–Crippen MR) is 128 cm³/mol. The lowest BCUT2D eigenvalue weighted by atomic mass is 9.92. The van der Waals surface area contributed by atoms with Gasteiger partial charge in [-0.1, -0.05) is 31.2 Å². The molecule has 0 saturated carbocycles. The molecule has 6 heteroatoms. The van der Waals surface area contributed by atoms with E-state index in [1.54, 1.807) is 36.7 Å². The van der Waals surface area contributed by atoms with Gasteiger partial charge < -0.3 is 15.4 Å². The summed E-state index contributed by atoms with van der Waals surface area (Å²) in [4.78, 5) is 29.8. The summed E-state index contributed by atoms with van der Waals surface area (Å²) < 4.78 is 6.05. The average Bonchev–Trinajstić information content (AvgIpc) is 2.86. The predicted octanol–water partition coefficient (Wildman–Crippen LogP) is 4.69. The van der Waals surface area contributed by atoms with Gasteiger partial charge in [-0.05, 0) is 79.1 Å². The topological polar surface area (TPSA) is 80.3 Å². The Morgan fingerprint density at radius 2 is 1.85 bits per heavy atom. The Morgan fingerprint density at radius 3 is 2.64 bits per heavy atom. The summed E-state index contributed by atoms with van der Waals surface area (Å²) in [5.41, 5.74) is 4.44. The minimum Gasteiger partial charge on any atom is -0.481 e. The van der Waals surface area contributed by atoms with Crippen molar-refractivity contribution in [3.05, 3.63) is 89.2 Å². The van der Waals surface area contributed by atoms with Crippen LogP contribution in [0.1, 0.15) is 53.2 Å². The number of pyridine rings is 1. The van der Waals surface area contributed by atoms with Crippen LogP contribution in [0.4, 0.5) is 5.69 Å². The van der Waals surface area contributed by atoms with Crippen molar-refractivity contribution in [3.8, 4) is 5.75 Å². The maximum absolute atomic E-state index is 13.0. The van der Waals surface area contributed by atoms with Crippen LogP contribution in [0.15, 0.2) is 67.0 Å². The maximum atomic E-state index is 13.0. The first-order valence-electron chi connectivity index (χ1n) is 11.5. The third kappa shape index (κ3) is 5.77. The Bertz CT molecular complexity index is 1110. The number of aromatic nitrogens is 1. The Labute approximate surface area is 194 Å². The minimum atomic E-state index is -0.654. The molecule has 0 radical (unpaired) electrons. The van der Waals surface area contributed by atoms with Crippen LogP contribution >= 0.6 is 0 Å². The number of para-hydroxylation sites is 1. The lowest BCUT2D eigenvalue weighted by Gasteiger charge is -2.21. The summed E-state index contributed by atoms with van der Waals surface area (Å²) in [5, 5.41) is 5.77. The highest BCUT2D eigenvalue weighted by atomic mass is 16.5. The molecule has 0 bridgehead atoms. The van der Waals surface area contributed by atoms with Gasteiger partial charge in [0, 0.05) is 18.9 Å². The molecule has 1 aliphatic carbocycles. The van der Waals surface area contributed by atoms with E-state index in [0.29, 0.717) is 30.0 Å². The van der Waals surface area contributed by atoms with Gasteiger partial charge in [0.15, 0.2) is 6.10 Å². The number of carbonyl (C=O) groups excluding carboxylic acids is 2. The summed E-state index contributed by atoms with van der Waals surface area (Å²) in [6.07, 6.45) is 7.82. The van der Waals surface area contributed by atoms with Gasteiger partial charge in [0.2, 0.25) is 0 Å². The molecule has 0 saturated heterocycles. The molecule has 2 amide bonds. The number of nitrogens with one attached hydrogen (secondary N) is 2. The Balaban J connectivity index is 1.42. The van der Waals surface area contributed by atoms with Crippen LogP contribution in [0.2, 0.25) is 0 Å². The molecule has 3 aromatic rings. The second kappa shape index (κ2) is 10.8. The number of fused-ring (bicyclic) bond motifs is 1. The number of hydrogen-bond acceptors (Lipinski definition) is 4. The second-order valence-electron chi connectivity index (χ2n) is 8.23. The summed E-state index contributed by atoms with van der Waals surface area (Å²) >= 11 is 0. The highest BCUT2D eigenvalue weighted by Gasteiger charge is 2.22. The van der Waals surface area contributed by atoms with E-state index in [0.717, 1.165) is 18.4 Å². The van der Waals surface area contributed by atoms with Crippen molar-refractivity contribution in [3.63, 3.8) is 0 Å². The summed E-state index contributed by atoms with van der Waals surface area (Å²) in [6, 6.07) is 16.8. The maximum Gasteiger partial charge on any atom is 0.265 e. The number of aryl methyl sites for hydroxylation is 2. The molecule has 1 atom stereocenters. The first kappa shape index (κ1) is 22.5. The van der Waals surface area contributed by atoms with E-state index in [4.69, 9.17) is 4.74 Å². The van der Waals surface area contributed by atoms with Crippen molar-refractivity contribution < 1.29 is 14.3 Å². The van der Waals surface area contributed by atoms with Crippen molar-refractivity contribution >= 4 is 17.5 Å². The molecular formula is C27H29N3O3. The van der Waals surface area contributed by atoms with E-state index in [9.17, 15) is 9.59 Å². The highest BCUT2D eigenvalue weighted by molar-refractivity contribution is 6.04. The van der Waals surface area contributed by atoms with Gasteiger partial charge in [0.1, 0.15) is 5.75 Å². The van der Waals surface area contributed by atoms with Crippen LogP contribution in [0.5, 0.6) is 5.75 Å². The molecule has 2 aromatic carbocycles. The number of anilines is 1. The number of amides is 2. The minimum absolute atomic E-state index is 0.265. The molecule has 1 aliphatic rings. The van der Waals surface area contributed by atoms with Crippen LogP contribution in [-0.2, 0) is 24.2 Å². The van der Waals surface area contributed by atoms with Crippen molar-refractivity contribution in [2.24, 2.45) is 0 Å². The normalized spacial score (nSPS) is 13.5. The van der Waals surface area contributed by atoms with Gasteiger partial charge >= 0.3 is 0 Å². The zero-order valence-electron chi connectivity index (χ0n) is 18.8. The third-order valence-corrected chi connectivity index (χ3v) is 5.87. The number of nitrogens with zero attached hydrogens (tertiary/aromatic N) is 1. The molecule has 0 spiro atoms. The highest BCUT2D eigenvalue weighted by Crippen LogP contribution is 2.26. The average molecular weight is 444 g/mol. The zero-order valence-corrected chi connectivity index (χ0v) is 18.8. The fourth-order valence-electron chi connectivity index (χ4n) is 4.05. The van der Waals surface area contributed by atoms with Crippen molar-refractivity contribution in [1.82, 2.24) is 10.3 Å². The molecule has 0 aliphatic heterocycles. The lowest BCUT2D eigenvalue weighted by molar-refractivity contribution is -0.122. The summed E-state index contributed by atoms with van der Waals surface area (Å²) in [7, 11) is 0. The smallest absolute Gasteiger partial charge is 0.265 e. The van der Waals surface area contributed by atoms with Crippen molar-refractivity contribution in [2.75, 3.05) is 5.32 Å². The molecular weight excluding hydrogens is 414 g/mol. The number of benzene rings is 2. The number of rotatable bonds is 8. The fourth-order valence-corrected chi connectivity index (χ4v) is 4.05. The molecule has 4 rings (SSSR count). The van der Waals surface area contributed by atoms with E-state index in [1.165, 1.54) is 24.0 Å². The Hall–Kier alpha value is -3.67. The van der Waals surface area contributed by atoms with Crippen LogP contribution in [-0.4, -0.2) is 22.9 Å². The van der Waals surface area contributed by atoms with Crippen LogP contribution in [0.3, 0.4) is 0 Å². The summed E-state index contributed by atoms with van der Waals surface area (Å²) in [5.74, 6) is 0.168.